The van der Waals surface area contributed by atoms with E-state index in [4.69, 9.17) is 9.47 Å². The molecule has 28 heavy (non-hydrogen) atoms. The molecule has 0 radical (unpaired) electrons. The van der Waals surface area contributed by atoms with Crippen LogP contribution in [0, 0.1) is 6.92 Å². The molecule has 3 aromatic rings. The maximum atomic E-state index is 12.5. The number of nitrogens with zero attached hydrogens (tertiary/aromatic N) is 4. The molecule has 0 bridgehead atoms. The molecule has 1 N–H and O–H groups in total. The summed E-state index contributed by atoms with van der Waals surface area (Å²) in [6, 6.07) is 9.20. The fraction of sp³-hybridized carbons (Fsp3) is 0.263. The maximum Gasteiger partial charge on any atom is 0.343 e. The first kappa shape index (κ1) is 19.2. The zero-order valence-corrected chi connectivity index (χ0v) is 15.9. The van der Waals surface area contributed by atoms with Crippen LogP contribution in [0.4, 0.5) is 5.82 Å². The van der Waals surface area contributed by atoms with Crippen LogP contribution in [0.5, 0.6) is 5.75 Å². The largest absolute Gasteiger partial charge is 0.471 e. The van der Waals surface area contributed by atoms with Crippen LogP contribution in [0.2, 0.25) is 0 Å². The molecule has 0 saturated carbocycles. The van der Waals surface area contributed by atoms with Crippen LogP contribution in [-0.2, 0) is 18.5 Å². The van der Waals surface area contributed by atoms with Crippen LogP contribution in [0.15, 0.2) is 42.7 Å². The van der Waals surface area contributed by atoms with Crippen molar-refractivity contribution < 1.29 is 19.1 Å². The number of nitrogens with one attached hydrogen (secondary N) is 1. The van der Waals surface area contributed by atoms with E-state index >= 15 is 0 Å². The second-order valence-corrected chi connectivity index (χ2v) is 5.98. The molecule has 1 aromatic carbocycles. The van der Waals surface area contributed by atoms with E-state index in [1.165, 1.54) is 15.6 Å². The number of anilines is 1. The molecule has 1 amide bonds. The summed E-state index contributed by atoms with van der Waals surface area (Å²) in [4.78, 5) is 24.5. The number of amides is 1. The van der Waals surface area contributed by atoms with E-state index < -0.39 is 11.9 Å². The molecule has 9 nitrogen and oxygen atoms in total. The van der Waals surface area contributed by atoms with Gasteiger partial charge >= 0.3 is 5.97 Å². The molecule has 0 aliphatic carbocycles. The number of esters is 1. The van der Waals surface area contributed by atoms with Gasteiger partial charge in [0.05, 0.1) is 12.8 Å². The third-order valence-corrected chi connectivity index (χ3v) is 3.99. The zero-order chi connectivity index (χ0) is 20.1. The predicted molar refractivity (Wildman–Crippen MR) is 101 cm³/mol. The highest BCUT2D eigenvalue weighted by molar-refractivity contribution is 6.06. The minimum absolute atomic E-state index is 0.165. The van der Waals surface area contributed by atoms with Crippen LogP contribution >= 0.6 is 0 Å². The average Bonchev–Trinajstić information content (AvgIpc) is 3.29. The van der Waals surface area contributed by atoms with Gasteiger partial charge in [0, 0.05) is 13.2 Å². The van der Waals surface area contributed by atoms with E-state index in [1.807, 2.05) is 31.2 Å². The molecule has 3 rings (SSSR count). The molecule has 9 heteroatoms. The first-order valence-electron chi connectivity index (χ1n) is 8.72. The molecule has 2 heterocycles. The first-order chi connectivity index (χ1) is 13.5. The molecule has 0 atom stereocenters. The fourth-order valence-electron chi connectivity index (χ4n) is 2.52. The first-order valence-corrected chi connectivity index (χ1v) is 8.72. The van der Waals surface area contributed by atoms with Gasteiger partial charge in [-0.15, -0.1) is 0 Å². The number of carbonyl (C=O) groups is 2. The number of para-hydroxylation sites is 1. The van der Waals surface area contributed by atoms with E-state index in [0.29, 0.717) is 0 Å². The van der Waals surface area contributed by atoms with Crippen molar-refractivity contribution in [3.05, 3.63) is 59.5 Å². The van der Waals surface area contributed by atoms with Gasteiger partial charge in [-0.1, -0.05) is 18.2 Å². The van der Waals surface area contributed by atoms with E-state index in [1.54, 1.807) is 26.2 Å². The molecule has 0 aliphatic heterocycles. The molecule has 0 saturated heterocycles. The van der Waals surface area contributed by atoms with E-state index in [9.17, 15) is 9.59 Å². The Kier molecular flexibility index (Phi) is 5.73. The highest BCUT2D eigenvalue weighted by Crippen LogP contribution is 2.18. The van der Waals surface area contributed by atoms with Gasteiger partial charge in [-0.3, -0.25) is 9.48 Å². The molecule has 0 spiro atoms. The van der Waals surface area contributed by atoms with Crippen molar-refractivity contribution in [2.45, 2.75) is 20.6 Å². The fourth-order valence-corrected chi connectivity index (χ4v) is 2.52. The Labute approximate surface area is 161 Å². The lowest BCUT2D eigenvalue weighted by Gasteiger charge is -2.09. The molecular weight excluding hydrogens is 362 g/mol. The molecule has 146 valence electrons. The van der Waals surface area contributed by atoms with Crippen molar-refractivity contribution in [2.75, 3.05) is 11.9 Å². The van der Waals surface area contributed by atoms with Crippen LogP contribution in [0.25, 0.3) is 0 Å². The van der Waals surface area contributed by atoms with Crippen LogP contribution in [0.3, 0.4) is 0 Å². The molecule has 0 aliphatic rings. The highest BCUT2D eigenvalue weighted by Gasteiger charge is 2.20. The molecular formula is C19H21N5O4. The third-order valence-electron chi connectivity index (χ3n) is 3.99. The number of rotatable bonds is 7. The van der Waals surface area contributed by atoms with Gasteiger partial charge in [0.25, 0.3) is 5.91 Å². The number of carbonyl (C=O) groups excluding carboxylic acids is 2. The smallest absolute Gasteiger partial charge is 0.343 e. The van der Waals surface area contributed by atoms with Gasteiger partial charge in [0.1, 0.15) is 17.1 Å². The average molecular weight is 383 g/mol. The summed E-state index contributed by atoms with van der Waals surface area (Å²) in [7, 11) is 1.62. The van der Waals surface area contributed by atoms with Gasteiger partial charge in [-0.25, -0.2) is 9.48 Å². The molecule has 0 unspecified atom stereocenters. The summed E-state index contributed by atoms with van der Waals surface area (Å²) in [6.07, 6.45) is 2.99. The van der Waals surface area contributed by atoms with Crippen molar-refractivity contribution >= 4 is 17.7 Å². The number of hydrogen-bond donors (Lipinski definition) is 1. The second-order valence-electron chi connectivity index (χ2n) is 5.98. The SMILES string of the molecule is CCOC(=O)c1cnn(C)c1NC(=O)c1ccn(COc2ccccc2C)n1. The van der Waals surface area contributed by atoms with Crippen LogP contribution in [0.1, 0.15) is 33.3 Å². The Morgan fingerprint density at radius 1 is 1.21 bits per heavy atom. The molecule has 0 fully saturated rings. The maximum absolute atomic E-state index is 12.5. The van der Waals surface area contributed by atoms with Gasteiger partial charge in [0.15, 0.2) is 12.4 Å². The number of ether oxygens (including phenoxy) is 2. The van der Waals surface area contributed by atoms with Crippen molar-refractivity contribution in [3.63, 3.8) is 0 Å². The molecule has 2 aromatic heterocycles. The Bertz CT molecular complexity index is 992. The normalized spacial score (nSPS) is 10.5. The van der Waals surface area contributed by atoms with E-state index in [-0.39, 0.29) is 30.4 Å². The van der Waals surface area contributed by atoms with Crippen LogP contribution < -0.4 is 10.1 Å². The summed E-state index contributed by atoms with van der Waals surface area (Å²) in [5, 5.41) is 10.9. The number of benzene rings is 1. The van der Waals surface area contributed by atoms with Crippen LogP contribution in [-0.4, -0.2) is 38.0 Å². The Balaban J connectivity index is 1.67. The van der Waals surface area contributed by atoms with Crippen molar-refractivity contribution in [2.24, 2.45) is 7.05 Å². The minimum atomic E-state index is -0.553. The number of aryl methyl sites for hydroxylation is 2. The van der Waals surface area contributed by atoms with E-state index in [2.05, 4.69) is 15.5 Å². The Morgan fingerprint density at radius 2 is 2.00 bits per heavy atom. The zero-order valence-electron chi connectivity index (χ0n) is 15.9. The summed E-state index contributed by atoms with van der Waals surface area (Å²) >= 11 is 0. The summed E-state index contributed by atoms with van der Waals surface area (Å²) in [6.45, 7) is 4.05. The van der Waals surface area contributed by atoms with Crippen molar-refractivity contribution in [1.82, 2.24) is 19.6 Å². The predicted octanol–water partition coefficient (Wildman–Crippen LogP) is 2.39. The lowest BCUT2D eigenvalue weighted by molar-refractivity contribution is 0.0527. The number of aromatic nitrogens is 4. The van der Waals surface area contributed by atoms with Crippen molar-refractivity contribution in [3.8, 4) is 5.75 Å². The highest BCUT2D eigenvalue weighted by atomic mass is 16.5. The summed E-state index contributed by atoms with van der Waals surface area (Å²) < 4.78 is 13.6. The minimum Gasteiger partial charge on any atom is -0.471 e. The third kappa shape index (κ3) is 4.20. The van der Waals surface area contributed by atoms with Gasteiger partial charge in [-0.2, -0.15) is 10.2 Å². The summed E-state index contributed by atoms with van der Waals surface area (Å²) in [5.41, 5.74) is 1.37. The van der Waals surface area contributed by atoms with Gasteiger partial charge < -0.3 is 14.8 Å². The quantitative estimate of drug-likeness (QED) is 0.629. The second kappa shape index (κ2) is 8.38. The Morgan fingerprint density at radius 3 is 2.75 bits per heavy atom. The van der Waals surface area contributed by atoms with Gasteiger partial charge in [-0.05, 0) is 31.5 Å². The number of hydrogen-bond acceptors (Lipinski definition) is 6. The topological polar surface area (TPSA) is 100 Å². The van der Waals surface area contributed by atoms with E-state index in [0.717, 1.165) is 11.3 Å². The monoisotopic (exact) mass is 383 g/mol. The summed E-state index contributed by atoms with van der Waals surface area (Å²) in [5.74, 6) is -0.0287. The Hall–Kier alpha value is -3.62. The van der Waals surface area contributed by atoms with Gasteiger partial charge in [0.2, 0.25) is 0 Å². The lowest BCUT2D eigenvalue weighted by atomic mass is 10.2. The lowest BCUT2D eigenvalue weighted by Crippen LogP contribution is -2.18. The van der Waals surface area contributed by atoms with Crippen molar-refractivity contribution in [1.29, 1.82) is 0 Å². The standard InChI is InChI=1S/C19H21N5O4/c1-4-27-19(26)14-11-20-23(3)17(14)21-18(25)15-9-10-24(22-15)12-28-16-8-6-5-7-13(16)2/h5-11H,4,12H2,1-3H3,(H,21,25).